The molecule has 0 aliphatic carbocycles. The SMILES string of the molecule is C1CC/N=N\N=N\CC1. The van der Waals surface area contributed by atoms with Crippen molar-refractivity contribution in [2.45, 2.75) is 19.3 Å². The molecule has 0 saturated carbocycles. The maximum Gasteiger partial charge on any atom is 0.0621 e. The summed E-state index contributed by atoms with van der Waals surface area (Å²) in [5.74, 6) is 0. The molecule has 0 N–H and O–H groups in total. The van der Waals surface area contributed by atoms with Gasteiger partial charge in [0.2, 0.25) is 0 Å². The number of hydrogen-bond acceptors (Lipinski definition) is 4. The molecule has 9 heavy (non-hydrogen) atoms. The average Bonchev–Trinajstić information content (AvgIpc) is 2.00. The van der Waals surface area contributed by atoms with Crippen molar-refractivity contribution < 1.29 is 0 Å². The Morgan fingerprint density at radius 2 is 1.22 bits per heavy atom. The van der Waals surface area contributed by atoms with Crippen molar-refractivity contribution in [3.63, 3.8) is 0 Å². The summed E-state index contributed by atoms with van der Waals surface area (Å²) in [6.07, 6.45) is 3.43. The highest BCUT2D eigenvalue weighted by atomic mass is 15.5. The van der Waals surface area contributed by atoms with Crippen molar-refractivity contribution in [3.05, 3.63) is 0 Å². The van der Waals surface area contributed by atoms with Gasteiger partial charge in [0.05, 0.1) is 13.1 Å². The maximum atomic E-state index is 3.76. The Labute approximate surface area is 54.1 Å². The van der Waals surface area contributed by atoms with Gasteiger partial charge < -0.3 is 0 Å². The van der Waals surface area contributed by atoms with Crippen LogP contribution in [0.2, 0.25) is 0 Å². The zero-order valence-corrected chi connectivity index (χ0v) is 5.32. The van der Waals surface area contributed by atoms with E-state index in [1.54, 1.807) is 0 Å². The van der Waals surface area contributed by atoms with E-state index in [2.05, 4.69) is 20.7 Å². The molecule has 4 nitrogen and oxygen atoms in total. The summed E-state index contributed by atoms with van der Waals surface area (Å²) in [4.78, 5) is 0. The van der Waals surface area contributed by atoms with Crippen LogP contribution >= 0.6 is 0 Å². The molecule has 0 atom stereocenters. The highest BCUT2D eigenvalue weighted by Gasteiger charge is 1.88. The third kappa shape index (κ3) is 2.90. The molecule has 1 heterocycles. The lowest BCUT2D eigenvalue weighted by Crippen LogP contribution is -1.81. The molecule has 0 fully saturated rings. The molecule has 0 aromatic heterocycles. The van der Waals surface area contributed by atoms with Gasteiger partial charge in [0.15, 0.2) is 0 Å². The summed E-state index contributed by atoms with van der Waals surface area (Å²) >= 11 is 0. The van der Waals surface area contributed by atoms with E-state index in [4.69, 9.17) is 0 Å². The molecule has 0 radical (unpaired) electrons. The molecule has 1 rings (SSSR count). The first-order valence-electron chi connectivity index (χ1n) is 3.23. The fraction of sp³-hybridized carbons (Fsp3) is 1.00. The summed E-state index contributed by atoms with van der Waals surface area (Å²) in [6, 6.07) is 0. The predicted molar refractivity (Wildman–Crippen MR) is 33.3 cm³/mol. The van der Waals surface area contributed by atoms with E-state index < -0.39 is 0 Å². The molecule has 4 heteroatoms. The molecule has 1 aliphatic heterocycles. The van der Waals surface area contributed by atoms with E-state index in [1.807, 2.05) is 0 Å². The Balaban J connectivity index is 2.28. The quantitative estimate of drug-likeness (QED) is 0.476. The summed E-state index contributed by atoms with van der Waals surface area (Å²) in [7, 11) is 0. The van der Waals surface area contributed by atoms with Crippen LogP contribution in [0.25, 0.3) is 0 Å². The second-order valence-electron chi connectivity index (χ2n) is 1.97. The summed E-state index contributed by atoms with van der Waals surface area (Å²) in [6.45, 7) is 1.61. The van der Waals surface area contributed by atoms with Gasteiger partial charge >= 0.3 is 0 Å². The molecule has 0 unspecified atom stereocenters. The molecule has 0 aromatic rings. The Morgan fingerprint density at radius 3 is 1.78 bits per heavy atom. The van der Waals surface area contributed by atoms with Gasteiger partial charge in [-0.05, 0) is 29.7 Å². The zero-order chi connectivity index (χ0) is 6.36. The van der Waals surface area contributed by atoms with Crippen LogP contribution in [0.5, 0.6) is 0 Å². The summed E-state index contributed by atoms with van der Waals surface area (Å²) in [5, 5.41) is 14.5. The van der Waals surface area contributed by atoms with Crippen LogP contribution in [-0.4, -0.2) is 13.1 Å². The normalized spacial score (nSPS) is 27.6. The standard InChI is InChI=1S/C5H10N4/c1-2-4-6-8-9-7-5-3-1/h1-5H2/b8-6-,9-7+. The van der Waals surface area contributed by atoms with Crippen molar-refractivity contribution in [1.82, 2.24) is 0 Å². The smallest absolute Gasteiger partial charge is 0.0621 e. The summed E-state index contributed by atoms with van der Waals surface area (Å²) < 4.78 is 0. The van der Waals surface area contributed by atoms with Gasteiger partial charge in [-0.25, -0.2) is 0 Å². The van der Waals surface area contributed by atoms with Crippen LogP contribution in [0.15, 0.2) is 20.7 Å². The fourth-order valence-corrected chi connectivity index (χ4v) is 0.688. The van der Waals surface area contributed by atoms with Gasteiger partial charge in [-0.2, -0.15) is 10.2 Å². The average molecular weight is 126 g/mol. The number of rotatable bonds is 0. The van der Waals surface area contributed by atoms with Crippen LogP contribution in [-0.2, 0) is 0 Å². The van der Waals surface area contributed by atoms with Crippen LogP contribution < -0.4 is 0 Å². The molecule has 1 aliphatic rings. The minimum Gasteiger partial charge on any atom is -0.167 e. The molecule has 0 amide bonds. The van der Waals surface area contributed by atoms with Crippen LogP contribution in [0.4, 0.5) is 0 Å². The minimum atomic E-state index is 0.805. The second kappa shape index (κ2) is 4.12. The molecule has 0 spiro atoms. The predicted octanol–water partition coefficient (Wildman–Crippen LogP) is 1.99. The maximum absolute atomic E-state index is 3.76. The van der Waals surface area contributed by atoms with E-state index in [1.165, 1.54) is 6.42 Å². The van der Waals surface area contributed by atoms with Gasteiger partial charge in [-0.15, -0.1) is 0 Å². The minimum absolute atomic E-state index is 0.805. The van der Waals surface area contributed by atoms with Gasteiger partial charge in [0.25, 0.3) is 0 Å². The van der Waals surface area contributed by atoms with Crippen LogP contribution in [0.3, 0.4) is 0 Å². The van der Waals surface area contributed by atoms with E-state index >= 15 is 0 Å². The van der Waals surface area contributed by atoms with Crippen LogP contribution in [0, 0.1) is 0 Å². The van der Waals surface area contributed by atoms with E-state index in [0.717, 1.165) is 25.9 Å². The Morgan fingerprint density at radius 1 is 0.667 bits per heavy atom. The van der Waals surface area contributed by atoms with Crippen molar-refractivity contribution in [3.8, 4) is 0 Å². The third-order valence-electron chi connectivity index (χ3n) is 1.18. The van der Waals surface area contributed by atoms with Crippen molar-refractivity contribution >= 4 is 0 Å². The second-order valence-corrected chi connectivity index (χ2v) is 1.97. The first kappa shape index (κ1) is 6.32. The molecular formula is C5H10N4. The monoisotopic (exact) mass is 126 g/mol. The lowest BCUT2D eigenvalue weighted by molar-refractivity contribution is 0.693. The van der Waals surface area contributed by atoms with E-state index in [9.17, 15) is 0 Å². The highest BCUT2D eigenvalue weighted by Crippen LogP contribution is 1.99. The van der Waals surface area contributed by atoms with Gasteiger partial charge in [-0.1, -0.05) is 0 Å². The van der Waals surface area contributed by atoms with Crippen molar-refractivity contribution in [1.29, 1.82) is 0 Å². The van der Waals surface area contributed by atoms with Crippen LogP contribution in [0.1, 0.15) is 19.3 Å². The molecule has 0 saturated heterocycles. The van der Waals surface area contributed by atoms with E-state index in [0.29, 0.717) is 0 Å². The fourth-order valence-electron chi connectivity index (χ4n) is 0.688. The molecule has 50 valence electrons. The lowest BCUT2D eigenvalue weighted by Gasteiger charge is -1.89. The highest BCUT2D eigenvalue weighted by molar-refractivity contribution is 4.47. The number of hydrogen-bond donors (Lipinski definition) is 0. The van der Waals surface area contributed by atoms with E-state index in [-0.39, 0.29) is 0 Å². The first-order valence-corrected chi connectivity index (χ1v) is 3.23. The Kier molecular flexibility index (Phi) is 2.89. The third-order valence-corrected chi connectivity index (χ3v) is 1.18. The largest absolute Gasteiger partial charge is 0.167 e. The Bertz CT molecular complexity index is 104. The first-order chi connectivity index (χ1) is 4.50. The topological polar surface area (TPSA) is 49.4 Å². The molecule has 0 bridgehead atoms. The van der Waals surface area contributed by atoms with Gasteiger partial charge in [0.1, 0.15) is 0 Å². The number of nitrogens with zero attached hydrogens (tertiary/aromatic N) is 4. The Hall–Kier alpha value is -0.800. The van der Waals surface area contributed by atoms with Crippen molar-refractivity contribution in [2.75, 3.05) is 13.1 Å². The summed E-state index contributed by atoms with van der Waals surface area (Å²) in [5.41, 5.74) is 0. The molecule has 0 aromatic carbocycles. The molecular weight excluding hydrogens is 116 g/mol. The van der Waals surface area contributed by atoms with Crippen molar-refractivity contribution in [2.24, 2.45) is 20.7 Å². The zero-order valence-electron chi connectivity index (χ0n) is 5.32. The lowest BCUT2D eigenvalue weighted by atomic mass is 10.2. The van der Waals surface area contributed by atoms with Gasteiger partial charge in [-0.3, -0.25) is 0 Å². The van der Waals surface area contributed by atoms with Gasteiger partial charge in [0, 0.05) is 0 Å².